The Balaban J connectivity index is 1.83. The van der Waals surface area contributed by atoms with Crippen molar-refractivity contribution in [3.8, 4) is 6.07 Å². The Hall–Kier alpha value is -3.70. The second kappa shape index (κ2) is 10.7. The fourth-order valence-electron chi connectivity index (χ4n) is 3.40. The maximum absolute atomic E-state index is 12.7. The summed E-state index contributed by atoms with van der Waals surface area (Å²) in [6.45, 7) is 9.32. The molecule has 170 valence electrons. The number of esters is 1. The molecule has 8 heteroatoms. The molecule has 3 rings (SSSR count). The molecule has 2 aromatic rings. The topological polar surface area (TPSA) is 104 Å². The Bertz CT molecular complexity index is 1170. The molecule has 0 radical (unpaired) electrons. The van der Waals surface area contributed by atoms with Crippen LogP contribution in [-0.2, 0) is 14.3 Å². The first-order valence-electron chi connectivity index (χ1n) is 10.3. The normalized spacial score (nSPS) is 15.5. The number of anilines is 1. The molecule has 1 atom stereocenters. The minimum absolute atomic E-state index is 0.0480. The fraction of sp³-hybridized carbons (Fsp3) is 0.240. The Labute approximate surface area is 197 Å². The summed E-state index contributed by atoms with van der Waals surface area (Å²) in [6, 6.07) is 11.3. The number of amides is 1. The van der Waals surface area contributed by atoms with E-state index in [1.807, 2.05) is 32.0 Å². The zero-order valence-electron chi connectivity index (χ0n) is 18.7. The first-order valence-corrected chi connectivity index (χ1v) is 11.3. The smallest absolute Gasteiger partial charge is 0.337 e. The van der Waals surface area contributed by atoms with E-state index in [1.165, 1.54) is 24.1 Å². The van der Waals surface area contributed by atoms with Crippen molar-refractivity contribution in [1.29, 1.82) is 5.26 Å². The Kier molecular flexibility index (Phi) is 7.80. The molecule has 1 aliphatic heterocycles. The first-order chi connectivity index (χ1) is 15.8. The fourth-order valence-corrected chi connectivity index (χ4v) is 4.30. The van der Waals surface area contributed by atoms with Gasteiger partial charge in [0.05, 0.1) is 40.2 Å². The largest absolute Gasteiger partial charge is 0.468 e. The van der Waals surface area contributed by atoms with Crippen molar-refractivity contribution in [2.24, 2.45) is 0 Å². The van der Waals surface area contributed by atoms with Crippen LogP contribution in [-0.4, -0.2) is 24.2 Å². The van der Waals surface area contributed by atoms with Gasteiger partial charge in [0.1, 0.15) is 12.4 Å². The molecular weight excluding hydrogens is 438 g/mol. The monoisotopic (exact) mass is 463 g/mol. The van der Waals surface area contributed by atoms with Crippen molar-refractivity contribution in [3.05, 3.63) is 88.0 Å². The number of nitrogens with zero attached hydrogens (tertiary/aromatic N) is 1. The van der Waals surface area contributed by atoms with E-state index < -0.39 is 11.9 Å². The van der Waals surface area contributed by atoms with Crippen LogP contribution in [0.4, 0.5) is 5.69 Å². The van der Waals surface area contributed by atoms with Gasteiger partial charge in [-0.2, -0.15) is 5.26 Å². The summed E-state index contributed by atoms with van der Waals surface area (Å²) in [6.07, 6.45) is 2.96. The molecule has 0 saturated carbocycles. The van der Waals surface area contributed by atoms with Gasteiger partial charge in [0.2, 0.25) is 5.91 Å². The van der Waals surface area contributed by atoms with Gasteiger partial charge in [0.25, 0.3) is 0 Å². The van der Waals surface area contributed by atoms with E-state index in [9.17, 15) is 14.9 Å². The third-order valence-electron chi connectivity index (χ3n) is 5.17. The van der Waals surface area contributed by atoms with Crippen molar-refractivity contribution >= 4 is 29.3 Å². The summed E-state index contributed by atoms with van der Waals surface area (Å²) < 4.78 is 10.8. The van der Waals surface area contributed by atoms with Crippen molar-refractivity contribution in [2.75, 3.05) is 17.7 Å². The lowest BCUT2D eigenvalue weighted by atomic mass is 9.86. The number of carbonyl (C=O) groups excluding carboxylic acids is 2. The number of ether oxygens (including phenoxy) is 1. The van der Waals surface area contributed by atoms with E-state index in [0.29, 0.717) is 22.2 Å². The number of nitriles is 1. The highest BCUT2D eigenvalue weighted by atomic mass is 32.2. The minimum atomic E-state index is -0.742. The molecule has 33 heavy (non-hydrogen) atoms. The van der Waals surface area contributed by atoms with Crippen LogP contribution in [0.3, 0.4) is 0 Å². The van der Waals surface area contributed by atoms with Gasteiger partial charge >= 0.3 is 5.97 Å². The number of hydrogen-bond acceptors (Lipinski definition) is 7. The summed E-state index contributed by atoms with van der Waals surface area (Å²) in [5.41, 5.74) is 4.04. The van der Waals surface area contributed by atoms with Crippen LogP contribution in [0.2, 0.25) is 0 Å². The van der Waals surface area contributed by atoms with Gasteiger partial charge < -0.3 is 19.8 Å². The third-order valence-corrected chi connectivity index (χ3v) is 6.18. The predicted molar refractivity (Wildman–Crippen MR) is 128 cm³/mol. The zero-order valence-corrected chi connectivity index (χ0v) is 19.5. The quantitative estimate of drug-likeness (QED) is 0.432. The highest BCUT2D eigenvalue weighted by molar-refractivity contribution is 8.03. The second-order valence-corrected chi connectivity index (χ2v) is 8.48. The molecule has 1 aromatic heterocycles. The lowest BCUT2D eigenvalue weighted by molar-refractivity contribution is -0.138. The van der Waals surface area contributed by atoms with Gasteiger partial charge in [-0.1, -0.05) is 30.5 Å². The minimum Gasteiger partial charge on any atom is -0.468 e. The number of rotatable bonds is 8. The van der Waals surface area contributed by atoms with Crippen LogP contribution in [0, 0.1) is 25.2 Å². The van der Waals surface area contributed by atoms with E-state index in [2.05, 4.69) is 23.3 Å². The first kappa shape index (κ1) is 24.0. The SMILES string of the molecule is C=CCOC(=O)C1=C(C)NC(SCC(=O)Nc2ccc(C)c(C)c2)=C(C#N)[C@@H]1c1ccco1. The summed E-state index contributed by atoms with van der Waals surface area (Å²) in [5, 5.41) is 16.4. The summed E-state index contributed by atoms with van der Waals surface area (Å²) in [4.78, 5) is 25.3. The summed E-state index contributed by atoms with van der Waals surface area (Å²) in [7, 11) is 0. The Morgan fingerprint density at radius 3 is 2.73 bits per heavy atom. The van der Waals surface area contributed by atoms with Crippen LogP contribution in [0.15, 0.2) is 75.5 Å². The molecule has 0 spiro atoms. The molecule has 2 heterocycles. The van der Waals surface area contributed by atoms with Gasteiger partial charge in [-0.3, -0.25) is 4.79 Å². The number of nitrogens with one attached hydrogen (secondary N) is 2. The molecule has 0 unspecified atom stereocenters. The van der Waals surface area contributed by atoms with E-state index in [-0.39, 0.29) is 29.4 Å². The number of carbonyl (C=O) groups is 2. The zero-order chi connectivity index (χ0) is 24.0. The van der Waals surface area contributed by atoms with E-state index in [1.54, 1.807) is 19.1 Å². The second-order valence-electron chi connectivity index (χ2n) is 7.49. The number of hydrogen-bond donors (Lipinski definition) is 2. The van der Waals surface area contributed by atoms with E-state index in [0.717, 1.165) is 11.1 Å². The molecular formula is C25H25N3O4S. The molecule has 1 aromatic carbocycles. The average Bonchev–Trinajstić information content (AvgIpc) is 3.32. The number of furan rings is 1. The lowest BCUT2D eigenvalue weighted by Gasteiger charge is -2.27. The van der Waals surface area contributed by atoms with Gasteiger partial charge in [-0.15, -0.1) is 0 Å². The molecule has 0 aliphatic carbocycles. The molecule has 0 fully saturated rings. The summed E-state index contributed by atoms with van der Waals surface area (Å²) >= 11 is 1.19. The van der Waals surface area contributed by atoms with Crippen LogP contribution in [0.25, 0.3) is 0 Å². The molecule has 0 saturated heterocycles. The Morgan fingerprint density at radius 2 is 2.09 bits per heavy atom. The number of thioether (sulfide) groups is 1. The highest BCUT2D eigenvalue weighted by Gasteiger charge is 2.37. The van der Waals surface area contributed by atoms with Crippen molar-refractivity contribution in [1.82, 2.24) is 5.32 Å². The maximum atomic E-state index is 12.7. The summed E-state index contributed by atoms with van der Waals surface area (Å²) in [5.74, 6) is -0.994. The van der Waals surface area contributed by atoms with E-state index in [4.69, 9.17) is 9.15 Å². The van der Waals surface area contributed by atoms with Gasteiger partial charge in [-0.05, 0) is 56.2 Å². The number of allylic oxidation sites excluding steroid dienone is 2. The molecule has 1 aliphatic rings. The van der Waals surface area contributed by atoms with Gasteiger partial charge in [0.15, 0.2) is 0 Å². The van der Waals surface area contributed by atoms with Crippen LogP contribution in [0.1, 0.15) is 29.7 Å². The highest BCUT2D eigenvalue weighted by Crippen LogP contribution is 2.41. The molecule has 0 bridgehead atoms. The molecule has 2 N–H and O–H groups in total. The van der Waals surface area contributed by atoms with Crippen LogP contribution >= 0.6 is 11.8 Å². The molecule has 7 nitrogen and oxygen atoms in total. The van der Waals surface area contributed by atoms with Gasteiger partial charge in [-0.25, -0.2) is 4.79 Å². The molecule has 1 amide bonds. The Morgan fingerprint density at radius 1 is 1.30 bits per heavy atom. The van der Waals surface area contributed by atoms with Crippen molar-refractivity contribution < 1.29 is 18.7 Å². The van der Waals surface area contributed by atoms with E-state index >= 15 is 0 Å². The lowest BCUT2D eigenvalue weighted by Crippen LogP contribution is -2.29. The average molecular weight is 464 g/mol. The number of aryl methyl sites for hydroxylation is 2. The number of benzene rings is 1. The standard InChI is InChI=1S/C25H25N3O4S/c1-5-10-32-25(30)22-17(4)27-24(19(13-26)23(22)20-7-6-11-31-20)33-14-21(29)28-18-9-8-15(2)16(3)12-18/h5-9,11-12,23,27H,1,10,14H2,2-4H3,(H,28,29)/t23-/m1/s1. The number of dihydropyridines is 1. The van der Waals surface area contributed by atoms with Crippen molar-refractivity contribution in [2.45, 2.75) is 26.7 Å². The van der Waals surface area contributed by atoms with Gasteiger partial charge in [0, 0.05) is 11.4 Å². The van der Waals surface area contributed by atoms with Crippen LogP contribution in [0.5, 0.6) is 0 Å². The maximum Gasteiger partial charge on any atom is 0.337 e. The third kappa shape index (κ3) is 5.57. The van der Waals surface area contributed by atoms with Crippen molar-refractivity contribution in [3.63, 3.8) is 0 Å². The predicted octanol–water partition coefficient (Wildman–Crippen LogP) is 4.69. The van der Waals surface area contributed by atoms with Crippen LogP contribution < -0.4 is 10.6 Å².